The van der Waals surface area contributed by atoms with E-state index in [0.29, 0.717) is 17.0 Å². The van der Waals surface area contributed by atoms with Crippen molar-refractivity contribution in [3.05, 3.63) is 45.6 Å². The van der Waals surface area contributed by atoms with Gasteiger partial charge in [0, 0.05) is 18.0 Å². The molecule has 1 aliphatic rings. The standard InChI is InChI=1S/C21H25FN2O5S2/c1-4-24(5-2)31(27,28)13-10-11-16(22)15(12-13)19(25)23-20-18(21(26)29-3)14-8-6-7-9-17(14)30-20/h10-12H,4-9H2,1-3H3,(H,23,25). The molecule has 1 amide bonds. The number of aryl methyl sites for hydroxylation is 1. The van der Waals surface area contributed by atoms with Gasteiger partial charge in [-0.3, -0.25) is 4.79 Å². The van der Waals surface area contributed by atoms with Crippen LogP contribution in [0.3, 0.4) is 0 Å². The van der Waals surface area contributed by atoms with Gasteiger partial charge in [0.05, 0.1) is 23.1 Å². The number of fused-ring (bicyclic) bond motifs is 1. The minimum absolute atomic E-state index is 0.165. The van der Waals surface area contributed by atoms with Crippen LogP contribution in [-0.2, 0) is 27.6 Å². The van der Waals surface area contributed by atoms with Crippen LogP contribution in [0, 0.1) is 5.82 Å². The Balaban J connectivity index is 1.98. The SMILES string of the molecule is CCN(CC)S(=O)(=O)c1ccc(F)c(C(=O)Nc2sc3c(c2C(=O)OC)CCCC3)c1. The smallest absolute Gasteiger partial charge is 0.341 e. The first-order valence-electron chi connectivity index (χ1n) is 10.1. The van der Waals surface area contributed by atoms with Crippen molar-refractivity contribution < 1.29 is 27.1 Å². The Labute approximate surface area is 185 Å². The van der Waals surface area contributed by atoms with Crippen LogP contribution >= 0.6 is 11.3 Å². The normalized spacial score (nSPS) is 13.7. The molecule has 0 radical (unpaired) electrons. The van der Waals surface area contributed by atoms with Gasteiger partial charge in [-0.05, 0) is 49.4 Å². The molecule has 0 unspecified atom stereocenters. The summed E-state index contributed by atoms with van der Waals surface area (Å²) in [4.78, 5) is 26.1. The predicted molar refractivity (Wildman–Crippen MR) is 117 cm³/mol. The molecule has 0 spiro atoms. The van der Waals surface area contributed by atoms with Gasteiger partial charge < -0.3 is 10.1 Å². The number of thiophene rings is 1. The monoisotopic (exact) mass is 468 g/mol. The first-order valence-corrected chi connectivity index (χ1v) is 12.3. The average molecular weight is 469 g/mol. The lowest BCUT2D eigenvalue weighted by atomic mass is 9.95. The number of halogens is 1. The van der Waals surface area contributed by atoms with Crippen molar-refractivity contribution in [2.24, 2.45) is 0 Å². The molecule has 0 atom stereocenters. The molecule has 2 aromatic rings. The third-order valence-electron chi connectivity index (χ3n) is 5.31. The zero-order chi connectivity index (χ0) is 22.8. The number of rotatable bonds is 7. The molecule has 0 saturated heterocycles. The maximum absolute atomic E-state index is 14.5. The third kappa shape index (κ3) is 4.51. The van der Waals surface area contributed by atoms with Crippen LogP contribution < -0.4 is 5.32 Å². The number of esters is 1. The highest BCUT2D eigenvalue weighted by Crippen LogP contribution is 2.38. The summed E-state index contributed by atoms with van der Waals surface area (Å²) in [6.45, 7) is 3.90. The van der Waals surface area contributed by atoms with Crippen molar-refractivity contribution in [2.75, 3.05) is 25.5 Å². The molecule has 3 rings (SSSR count). The number of carbonyl (C=O) groups excluding carboxylic acids is 2. The highest BCUT2D eigenvalue weighted by Gasteiger charge is 2.29. The van der Waals surface area contributed by atoms with Crippen molar-refractivity contribution >= 4 is 38.2 Å². The summed E-state index contributed by atoms with van der Waals surface area (Å²) in [5.41, 5.74) is 0.745. The fourth-order valence-electron chi connectivity index (χ4n) is 3.69. The van der Waals surface area contributed by atoms with Gasteiger partial charge in [-0.2, -0.15) is 4.31 Å². The van der Waals surface area contributed by atoms with E-state index >= 15 is 0 Å². The van der Waals surface area contributed by atoms with Crippen LogP contribution in [0.2, 0.25) is 0 Å². The summed E-state index contributed by atoms with van der Waals surface area (Å²) in [5, 5.41) is 2.90. The zero-order valence-electron chi connectivity index (χ0n) is 17.7. The van der Waals surface area contributed by atoms with Gasteiger partial charge in [0.2, 0.25) is 10.0 Å². The first-order chi connectivity index (χ1) is 14.7. The van der Waals surface area contributed by atoms with Crippen molar-refractivity contribution in [1.82, 2.24) is 4.31 Å². The van der Waals surface area contributed by atoms with Gasteiger partial charge in [0.1, 0.15) is 10.8 Å². The summed E-state index contributed by atoms with van der Waals surface area (Å²) in [6, 6.07) is 3.14. The molecule has 7 nitrogen and oxygen atoms in total. The highest BCUT2D eigenvalue weighted by molar-refractivity contribution is 7.89. The highest BCUT2D eigenvalue weighted by atomic mass is 32.2. The van der Waals surface area contributed by atoms with E-state index in [2.05, 4.69) is 5.32 Å². The Morgan fingerprint density at radius 3 is 2.52 bits per heavy atom. The second kappa shape index (κ2) is 9.46. The molecule has 1 aromatic heterocycles. The summed E-state index contributed by atoms with van der Waals surface area (Å²) in [5.74, 6) is -2.23. The van der Waals surface area contributed by atoms with Gasteiger partial charge in [-0.25, -0.2) is 17.6 Å². The van der Waals surface area contributed by atoms with Crippen LogP contribution in [0.1, 0.15) is 57.8 Å². The second-order valence-electron chi connectivity index (χ2n) is 7.09. The Bertz CT molecular complexity index is 1110. The zero-order valence-corrected chi connectivity index (χ0v) is 19.3. The lowest BCUT2D eigenvalue weighted by Crippen LogP contribution is -2.31. The Morgan fingerprint density at radius 1 is 1.19 bits per heavy atom. The molecule has 1 aliphatic carbocycles. The van der Waals surface area contributed by atoms with Crippen molar-refractivity contribution in [1.29, 1.82) is 0 Å². The predicted octanol–water partition coefficient (Wildman–Crippen LogP) is 3.84. The Morgan fingerprint density at radius 2 is 1.87 bits per heavy atom. The van der Waals surface area contributed by atoms with E-state index in [-0.39, 0.29) is 18.0 Å². The number of nitrogens with zero attached hydrogens (tertiary/aromatic N) is 1. The average Bonchev–Trinajstić information content (AvgIpc) is 3.11. The Hall–Kier alpha value is -2.30. The van der Waals surface area contributed by atoms with E-state index in [4.69, 9.17) is 4.74 Å². The third-order valence-corrected chi connectivity index (χ3v) is 8.57. The van der Waals surface area contributed by atoms with Gasteiger partial charge in [0.15, 0.2) is 0 Å². The summed E-state index contributed by atoms with van der Waals surface area (Å²) >= 11 is 1.27. The van der Waals surface area contributed by atoms with Crippen LogP contribution in [0.5, 0.6) is 0 Å². The molecule has 1 N–H and O–H groups in total. The van der Waals surface area contributed by atoms with Crippen molar-refractivity contribution in [3.63, 3.8) is 0 Å². The number of hydrogen-bond acceptors (Lipinski definition) is 6. The second-order valence-corrected chi connectivity index (χ2v) is 10.1. The lowest BCUT2D eigenvalue weighted by Gasteiger charge is -2.19. The quantitative estimate of drug-likeness (QED) is 0.624. The summed E-state index contributed by atoms with van der Waals surface area (Å²) in [7, 11) is -2.59. The van der Waals surface area contributed by atoms with Crippen LogP contribution in [0.25, 0.3) is 0 Å². The molecule has 0 aliphatic heterocycles. The molecule has 1 heterocycles. The fourth-order valence-corrected chi connectivity index (χ4v) is 6.45. The van der Waals surface area contributed by atoms with E-state index in [0.717, 1.165) is 47.9 Å². The number of carbonyl (C=O) groups is 2. The molecule has 168 valence electrons. The van der Waals surface area contributed by atoms with Gasteiger partial charge in [-0.15, -0.1) is 11.3 Å². The van der Waals surface area contributed by atoms with E-state index in [9.17, 15) is 22.4 Å². The van der Waals surface area contributed by atoms with Gasteiger partial charge in [0.25, 0.3) is 5.91 Å². The topological polar surface area (TPSA) is 92.8 Å². The number of benzene rings is 1. The number of ether oxygens (including phenoxy) is 1. The Kier molecular flexibility index (Phi) is 7.13. The molecule has 0 fully saturated rings. The molecular weight excluding hydrogens is 443 g/mol. The van der Waals surface area contributed by atoms with Crippen LogP contribution in [-0.4, -0.2) is 44.8 Å². The number of amides is 1. The van der Waals surface area contributed by atoms with Crippen molar-refractivity contribution in [2.45, 2.75) is 44.4 Å². The maximum Gasteiger partial charge on any atom is 0.341 e. The van der Waals surface area contributed by atoms with E-state index < -0.39 is 33.3 Å². The molecule has 10 heteroatoms. The van der Waals surface area contributed by atoms with Crippen molar-refractivity contribution in [3.8, 4) is 0 Å². The molecule has 1 aromatic carbocycles. The van der Waals surface area contributed by atoms with Gasteiger partial charge >= 0.3 is 5.97 Å². The molecule has 0 bridgehead atoms. The van der Waals surface area contributed by atoms with Crippen LogP contribution in [0.15, 0.2) is 23.1 Å². The number of sulfonamides is 1. The minimum Gasteiger partial charge on any atom is -0.465 e. The number of nitrogens with one attached hydrogen (secondary N) is 1. The largest absolute Gasteiger partial charge is 0.465 e. The minimum atomic E-state index is -3.86. The molecular formula is C21H25FN2O5S2. The van der Waals surface area contributed by atoms with E-state index in [1.165, 1.54) is 22.8 Å². The number of anilines is 1. The maximum atomic E-state index is 14.5. The molecule has 31 heavy (non-hydrogen) atoms. The summed E-state index contributed by atoms with van der Waals surface area (Å²) < 4.78 is 46.1. The van der Waals surface area contributed by atoms with E-state index in [1.54, 1.807) is 13.8 Å². The van der Waals surface area contributed by atoms with Gasteiger partial charge in [-0.1, -0.05) is 13.8 Å². The lowest BCUT2D eigenvalue weighted by molar-refractivity contribution is 0.0601. The first kappa shape index (κ1) is 23.4. The molecule has 0 saturated carbocycles. The summed E-state index contributed by atoms with van der Waals surface area (Å²) in [6.07, 6.45) is 3.42. The number of hydrogen-bond donors (Lipinski definition) is 1. The number of methoxy groups -OCH3 is 1. The van der Waals surface area contributed by atoms with Crippen LogP contribution in [0.4, 0.5) is 9.39 Å². The van der Waals surface area contributed by atoms with E-state index in [1.807, 2.05) is 0 Å². The fraction of sp³-hybridized carbons (Fsp3) is 0.429.